The lowest BCUT2D eigenvalue weighted by atomic mass is 9.93. The van der Waals surface area contributed by atoms with Gasteiger partial charge in [0.15, 0.2) is 0 Å². The van der Waals surface area contributed by atoms with Crippen LogP contribution in [-0.2, 0) is 0 Å². The van der Waals surface area contributed by atoms with Crippen LogP contribution in [0, 0.1) is 18.3 Å². The van der Waals surface area contributed by atoms with Crippen LogP contribution in [0.4, 0.5) is 0 Å². The zero-order valence-electron chi connectivity index (χ0n) is 9.20. The van der Waals surface area contributed by atoms with E-state index in [-0.39, 0.29) is 5.92 Å². The van der Waals surface area contributed by atoms with Crippen molar-refractivity contribution in [2.24, 2.45) is 5.92 Å². The van der Waals surface area contributed by atoms with Crippen LogP contribution in [0.1, 0.15) is 31.4 Å². The first-order valence-corrected chi connectivity index (χ1v) is 6.19. The van der Waals surface area contributed by atoms with Crippen molar-refractivity contribution >= 4 is 33.2 Å². The first kappa shape index (κ1) is 12.7. The molecule has 0 fully saturated rings. The third-order valence-electron chi connectivity index (χ3n) is 2.72. The summed E-state index contributed by atoms with van der Waals surface area (Å²) in [5, 5.41) is 8.78. The molecule has 1 nitrogen and oxygen atoms in total. The van der Waals surface area contributed by atoms with Crippen LogP contribution in [0.25, 0.3) is 0 Å². The third kappa shape index (κ3) is 2.61. The Morgan fingerprint density at radius 3 is 2.67 bits per heavy atom. The zero-order chi connectivity index (χ0) is 11.6. The summed E-state index contributed by atoms with van der Waals surface area (Å²) in [6.07, 6.45) is 0.959. The van der Waals surface area contributed by atoms with Gasteiger partial charge in [0.05, 0.1) is 0 Å². The van der Waals surface area contributed by atoms with Gasteiger partial charge < -0.3 is 5.41 Å². The Kier molecular flexibility index (Phi) is 4.35. The van der Waals surface area contributed by atoms with Gasteiger partial charge in [0, 0.05) is 20.8 Å². The van der Waals surface area contributed by atoms with Gasteiger partial charge in [-0.1, -0.05) is 41.4 Å². The highest BCUT2D eigenvalue weighted by Gasteiger charge is 2.16. The quantitative estimate of drug-likeness (QED) is 0.771. The summed E-state index contributed by atoms with van der Waals surface area (Å²) >= 11 is 9.60. The van der Waals surface area contributed by atoms with E-state index in [0.717, 1.165) is 22.0 Å². The second kappa shape index (κ2) is 5.13. The minimum absolute atomic E-state index is 0.246. The lowest BCUT2D eigenvalue weighted by molar-refractivity contribution is 0.735. The summed E-state index contributed by atoms with van der Waals surface area (Å²) in [5.74, 6) is 0.246. The highest BCUT2D eigenvalue weighted by Crippen LogP contribution is 2.29. The van der Waals surface area contributed by atoms with E-state index in [1.54, 1.807) is 0 Å². The van der Waals surface area contributed by atoms with Crippen molar-refractivity contribution in [2.75, 3.05) is 0 Å². The molecule has 0 saturated carbocycles. The van der Waals surface area contributed by atoms with Crippen LogP contribution in [0.3, 0.4) is 0 Å². The molecule has 0 radical (unpaired) electrons. The van der Waals surface area contributed by atoms with Gasteiger partial charge in [-0.05, 0) is 37.0 Å². The maximum Gasteiger partial charge on any atom is 0.0500 e. The molecule has 3 heteroatoms. The van der Waals surface area contributed by atoms with E-state index in [0.29, 0.717) is 10.7 Å². The zero-order valence-corrected chi connectivity index (χ0v) is 11.5. The molecule has 0 amide bonds. The lowest BCUT2D eigenvalue weighted by Crippen LogP contribution is -2.12. The molecule has 1 aromatic carbocycles. The average Bonchev–Trinajstić information content (AvgIpc) is 2.22. The molecule has 0 spiro atoms. The van der Waals surface area contributed by atoms with Crippen molar-refractivity contribution < 1.29 is 0 Å². The molecule has 0 bridgehead atoms. The van der Waals surface area contributed by atoms with Crippen molar-refractivity contribution in [1.82, 2.24) is 0 Å². The van der Waals surface area contributed by atoms with Gasteiger partial charge in [-0.15, -0.1) is 0 Å². The summed E-state index contributed by atoms with van der Waals surface area (Å²) < 4.78 is 1.01. The van der Waals surface area contributed by atoms with E-state index in [1.165, 1.54) is 0 Å². The summed E-state index contributed by atoms with van der Waals surface area (Å²) in [4.78, 5) is 0. The smallest absolute Gasteiger partial charge is 0.0500 e. The Hall–Kier alpha value is -0.340. The normalized spacial score (nSPS) is 12.6. The van der Waals surface area contributed by atoms with Crippen molar-refractivity contribution in [3.05, 3.63) is 32.8 Å². The number of hydrogen-bond donors (Lipinski definition) is 1. The summed E-state index contributed by atoms with van der Waals surface area (Å²) in [6.45, 7) is 6.13. The first-order valence-electron chi connectivity index (χ1n) is 5.02. The minimum atomic E-state index is 0.246. The molecule has 0 heterocycles. The Labute approximate surface area is 104 Å². The molecule has 1 rings (SSSR count). The predicted molar refractivity (Wildman–Crippen MR) is 70.2 cm³/mol. The van der Waals surface area contributed by atoms with E-state index in [1.807, 2.05) is 19.1 Å². The fraction of sp³-hybridized carbons (Fsp3) is 0.417. The van der Waals surface area contributed by atoms with Gasteiger partial charge in [0.2, 0.25) is 0 Å². The van der Waals surface area contributed by atoms with E-state index >= 15 is 0 Å². The van der Waals surface area contributed by atoms with Crippen molar-refractivity contribution in [2.45, 2.75) is 27.2 Å². The molecule has 1 N–H and O–H groups in total. The predicted octanol–water partition coefficient (Wildman–Crippen LogP) is 4.82. The van der Waals surface area contributed by atoms with E-state index in [9.17, 15) is 0 Å². The Balaban J connectivity index is 3.24. The van der Waals surface area contributed by atoms with Crippen LogP contribution >= 0.6 is 27.5 Å². The number of rotatable bonds is 3. The van der Waals surface area contributed by atoms with Gasteiger partial charge in [-0.3, -0.25) is 0 Å². The summed E-state index contributed by atoms with van der Waals surface area (Å²) in [5.41, 5.74) is 2.55. The largest absolute Gasteiger partial charge is 0.304 e. The van der Waals surface area contributed by atoms with Crippen LogP contribution in [0.15, 0.2) is 16.6 Å². The second-order valence-corrected chi connectivity index (χ2v) is 5.01. The third-order valence-corrected chi connectivity index (χ3v) is 3.90. The molecule has 1 aromatic rings. The Morgan fingerprint density at radius 1 is 1.53 bits per heavy atom. The lowest BCUT2D eigenvalue weighted by Gasteiger charge is -2.15. The fourth-order valence-corrected chi connectivity index (χ4v) is 2.07. The van der Waals surface area contributed by atoms with E-state index in [4.69, 9.17) is 17.0 Å². The standard InChI is InChI=1S/C12H15BrClN/c1-4-7(2)12(15)11-8(3)9(13)5-6-10(11)14/h5-7,15H,4H2,1-3H3. The Bertz CT molecular complexity index is 387. The SMILES string of the molecule is CCC(C)C(=N)c1c(Cl)ccc(Br)c1C. The van der Waals surface area contributed by atoms with Crippen molar-refractivity contribution in [3.8, 4) is 0 Å². The number of hydrogen-bond acceptors (Lipinski definition) is 1. The average molecular weight is 289 g/mol. The highest BCUT2D eigenvalue weighted by atomic mass is 79.9. The molecular weight excluding hydrogens is 273 g/mol. The monoisotopic (exact) mass is 287 g/mol. The highest BCUT2D eigenvalue weighted by molar-refractivity contribution is 9.10. The van der Waals surface area contributed by atoms with Crippen molar-refractivity contribution in [1.29, 1.82) is 5.41 Å². The van der Waals surface area contributed by atoms with Gasteiger partial charge in [0.1, 0.15) is 0 Å². The fourth-order valence-electron chi connectivity index (χ4n) is 1.43. The molecule has 0 aliphatic carbocycles. The Morgan fingerprint density at radius 2 is 2.13 bits per heavy atom. The molecule has 1 atom stereocenters. The number of nitrogens with one attached hydrogen (secondary N) is 1. The minimum Gasteiger partial charge on any atom is -0.304 e. The topological polar surface area (TPSA) is 23.9 Å². The van der Waals surface area contributed by atoms with Crippen LogP contribution < -0.4 is 0 Å². The van der Waals surface area contributed by atoms with Crippen LogP contribution in [0.2, 0.25) is 5.02 Å². The van der Waals surface area contributed by atoms with Gasteiger partial charge >= 0.3 is 0 Å². The van der Waals surface area contributed by atoms with Gasteiger partial charge in [-0.25, -0.2) is 0 Å². The van der Waals surface area contributed by atoms with Gasteiger partial charge in [0.25, 0.3) is 0 Å². The van der Waals surface area contributed by atoms with Crippen molar-refractivity contribution in [3.63, 3.8) is 0 Å². The molecular formula is C12H15BrClN. The molecule has 0 aliphatic rings. The molecule has 82 valence electrons. The molecule has 0 aromatic heterocycles. The molecule has 0 saturated heterocycles. The number of halogens is 2. The summed E-state index contributed by atoms with van der Waals surface area (Å²) in [6, 6.07) is 3.76. The molecule has 15 heavy (non-hydrogen) atoms. The first-order chi connectivity index (χ1) is 6.99. The molecule has 1 unspecified atom stereocenters. The van der Waals surface area contributed by atoms with E-state index < -0.39 is 0 Å². The maximum atomic E-state index is 8.11. The van der Waals surface area contributed by atoms with E-state index in [2.05, 4.69) is 29.8 Å². The van der Waals surface area contributed by atoms with Gasteiger partial charge in [-0.2, -0.15) is 0 Å². The maximum absolute atomic E-state index is 8.11. The van der Waals surface area contributed by atoms with Crippen LogP contribution in [0.5, 0.6) is 0 Å². The molecule has 0 aliphatic heterocycles. The summed E-state index contributed by atoms with van der Waals surface area (Å²) in [7, 11) is 0. The van der Waals surface area contributed by atoms with Crippen LogP contribution in [-0.4, -0.2) is 5.71 Å². The second-order valence-electron chi connectivity index (χ2n) is 3.75. The number of benzene rings is 1.